The van der Waals surface area contributed by atoms with Gasteiger partial charge >= 0.3 is 5.97 Å². The van der Waals surface area contributed by atoms with Crippen LogP contribution in [0.1, 0.15) is 18.6 Å². The van der Waals surface area contributed by atoms with Gasteiger partial charge in [-0.25, -0.2) is 0 Å². The topological polar surface area (TPSA) is 113 Å². The molecule has 2 atom stereocenters. The average Bonchev–Trinajstić information content (AvgIpc) is 2.31. The number of esters is 1. The van der Waals surface area contributed by atoms with Crippen LogP contribution >= 0.6 is 0 Å². The second-order valence-electron chi connectivity index (χ2n) is 3.47. The third kappa shape index (κ3) is 3.08. The summed E-state index contributed by atoms with van der Waals surface area (Å²) in [7, 11) is 0. The Labute approximate surface area is 98.3 Å². The molecule has 0 aromatic heterocycles. The number of carbonyl (C=O) groups excluding carboxylic acids is 1. The van der Waals surface area contributed by atoms with E-state index in [0.717, 1.165) is 6.07 Å². The number of aliphatic hydroxyl groups excluding tert-OH is 1. The number of hydrogen-bond acceptors (Lipinski definition) is 6. The largest absolute Gasteiger partial charge is 0.504 e. The molecule has 1 aromatic rings. The van der Waals surface area contributed by atoms with E-state index in [1.807, 2.05) is 0 Å². The summed E-state index contributed by atoms with van der Waals surface area (Å²) in [5.41, 5.74) is 5.72. The summed E-state index contributed by atoms with van der Waals surface area (Å²) in [6.07, 6.45) is -1.31. The van der Waals surface area contributed by atoms with Gasteiger partial charge in [0.05, 0.1) is 6.61 Å². The van der Waals surface area contributed by atoms with Crippen molar-refractivity contribution in [1.82, 2.24) is 0 Å². The summed E-state index contributed by atoms with van der Waals surface area (Å²) in [6, 6.07) is 2.46. The van der Waals surface area contributed by atoms with Gasteiger partial charge in [0.15, 0.2) is 11.5 Å². The third-order valence-electron chi connectivity index (χ3n) is 2.24. The van der Waals surface area contributed by atoms with Crippen LogP contribution in [0.25, 0.3) is 0 Å². The second-order valence-corrected chi connectivity index (χ2v) is 3.47. The van der Waals surface area contributed by atoms with Crippen LogP contribution in [0.5, 0.6) is 11.5 Å². The zero-order valence-corrected chi connectivity index (χ0v) is 9.33. The molecule has 0 heterocycles. The number of ether oxygens (including phenoxy) is 1. The molecule has 0 aliphatic rings. The van der Waals surface area contributed by atoms with E-state index in [-0.39, 0.29) is 17.9 Å². The van der Waals surface area contributed by atoms with E-state index < -0.39 is 23.9 Å². The zero-order chi connectivity index (χ0) is 13.0. The highest BCUT2D eigenvalue weighted by molar-refractivity contribution is 5.76. The SMILES string of the molecule is CCOC(=O)[C@@H](N)[C@H](O)c1ccc(O)c(O)c1. The van der Waals surface area contributed by atoms with Gasteiger partial charge in [0.2, 0.25) is 0 Å². The molecule has 6 heteroatoms. The Kier molecular flexibility index (Phi) is 4.30. The van der Waals surface area contributed by atoms with E-state index in [1.165, 1.54) is 12.1 Å². The van der Waals surface area contributed by atoms with Gasteiger partial charge in [-0.05, 0) is 24.6 Å². The number of aliphatic hydroxyl groups is 1. The van der Waals surface area contributed by atoms with Gasteiger partial charge in [-0.3, -0.25) is 4.79 Å². The highest BCUT2D eigenvalue weighted by Crippen LogP contribution is 2.28. The molecule has 1 rings (SSSR count). The van der Waals surface area contributed by atoms with Gasteiger partial charge in [-0.2, -0.15) is 0 Å². The van der Waals surface area contributed by atoms with Crippen molar-refractivity contribution in [1.29, 1.82) is 0 Å². The first-order valence-electron chi connectivity index (χ1n) is 5.09. The fourth-order valence-corrected chi connectivity index (χ4v) is 1.30. The molecular weight excluding hydrogens is 226 g/mol. The molecule has 6 nitrogen and oxygen atoms in total. The fourth-order valence-electron chi connectivity index (χ4n) is 1.30. The first kappa shape index (κ1) is 13.3. The molecule has 94 valence electrons. The monoisotopic (exact) mass is 241 g/mol. The molecule has 5 N–H and O–H groups in total. The van der Waals surface area contributed by atoms with Crippen molar-refractivity contribution in [3.05, 3.63) is 23.8 Å². The van der Waals surface area contributed by atoms with Crippen molar-refractivity contribution in [2.75, 3.05) is 6.61 Å². The Hall–Kier alpha value is -1.79. The lowest BCUT2D eigenvalue weighted by molar-refractivity contribution is -0.147. The highest BCUT2D eigenvalue weighted by atomic mass is 16.5. The quantitative estimate of drug-likeness (QED) is 0.436. The van der Waals surface area contributed by atoms with Gasteiger partial charge in [0.1, 0.15) is 12.1 Å². The van der Waals surface area contributed by atoms with E-state index in [4.69, 9.17) is 10.8 Å². The lowest BCUT2D eigenvalue weighted by atomic mass is 10.0. The number of phenolic OH excluding ortho intramolecular Hbond substituents is 2. The minimum Gasteiger partial charge on any atom is -0.504 e. The number of carbonyl (C=O) groups is 1. The molecular formula is C11H15NO5. The highest BCUT2D eigenvalue weighted by Gasteiger charge is 2.25. The molecule has 0 amide bonds. The molecule has 0 aliphatic heterocycles. The standard InChI is InChI=1S/C11H15NO5/c1-2-17-11(16)9(12)10(15)6-3-4-7(13)8(14)5-6/h3-5,9-10,13-15H,2,12H2,1H3/t9-,10+/m0/s1. The van der Waals surface area contributed by atoms with Crippen molar-refractivity contribution in [3.8, 4) is 11.5 Å². The number of benzene rings is 1. The first-order chi connectivity index (χ1) is 7.97. The van der Waals surface area contributed by atoms with Crippen LogP contribution < -0.4 is 5.73 Å². The summed E-state index contributed by atoms with van der Waals surface area (Å²) in [5, 5.41) is 28.1. The molecule has 0 spiro atoms. The molecule has 0 unspecified atom stereocenters. The Bertz CT molecular complexity index is 407. The maximum absolute atomic E-state index is 11.3. The van der Waals surface area contributed by atoms with Crippen LogP contribution in [0.15, 0.2) is 18.2 Å². The van der Waals surface area contributed by atoms with Crippen LogP contribution in [-0.2, 0) is 9.53 Å². The van der Waals surface area contributed by atoms with E-state index in [9.17, 15) is 15.0 Å². The van der Waals surface area contributed by atoms with Crippen LogP contribution in [0.2, 0.25) is 0 Å². The predicted octanol–water partition coefficient (Wildman–Crippen LogP) is 0.0216. The van der Waals surface area contributed by atoms with Gasteiger partial charge in [-0.1, -0.05) is 6.07 Å². The number of nitrogens with two attached hydrogens (primary N) is 1. The maximum Gasteiger partial charge on any atom is 0.325 e. The Morgan fingerprint density at radius 1 is 1.41 bits per heavy atom. The van der Waals surface area contributed by atoms with Crippen LogP contribution in [0, 0.1) is 0 Å². The summed E-state index contributed by atoms with van der Waals surface area (Å²) in [6.45, 7) is 1.80. The van der Waals surface area contributed by atoms with Crippen LogP contribution in [-0.4, -0.2) is 33.9 Å². The summed E-state index contributed by atoms with van der Waals surface area (Å²) in [4.78, 5) is 11.3. The minimum absolute atomic E-state index is 0.167. The lowest BCUT2D eigenvalue weighted by Gasteiger charge is -2.17. The smallest absolute Gasteiger partial charge is 0.325 e. The van der Waals surface area contributed by atoms with Crippen molar-refractivity contribution in [2.45, 2.75) is 19.1 Å². The van der Waals surface area contributed by atoms with Crippen LogP contribution in [0.4, 0.5) is 0 Å². The Morgan fingerprint density at radius 2 is 2.06 bits per heavy atom. The summed E-state index contributed by atoms with van der Waals surface area (Å²) < 4.78 is 4.66. The minimum atomic E-state index is -1.31. The van der Waals surface area contributed by atoms with Crippen molar-refractivity contribution >= 4 is 5.97 Å². The summed E-state index contributed by atoms with van der Waals surface area (Å²) >= 11 is 0. The van der Waals surface area contributed by atoms with Gasteiger partial charge in [-0.15, -0.1) is 0 Å². The average molecular weight is 241 g/mol. The first-order valence-corrected chi connectivity index (χ1v) is 5.09. The molecule has 0 bridgehead atoms. The predicted molar refractivity (Wildman–Crippen MR) is 59.3 cm³/mol. The molecule has 17 heavy (non-hydrogen) atoms. The van der Waals surface area contributed by atoms with Crippen molar-refractivity contribution < 1.29 is 24.9 Å². The molecule has 0 fully saturated rings. The van der Waals surface area contributed by atoms with Gasteiger partial charge in [0, 0.05) is 0 Å². The van der Waals surface area contributed by atoms with Gasteiger partial charge in [0.25, 0.3) is 0 Å². The van der Waals surface area contributed by atoms with E-state index in [1.54, 1.807) is 6.92 Å². The van der Waals surface area contributed by atoms with Crippen molar-refractivity contribution in [3.63, 3.8) is 0 Å². The molecule has 0 saturated heterocycles. The molecule has 0 saturated carbocycles. The Balaban J connectivity index is 2.84. The maximum atomic E-state index is 11.3. The number of hydrogen-bond donors (Lipinski definition) is 4. The normalized spacial score (nSPS) is 14.1. The molecule has 1 aromatic carbocycles. The Morgan fingerprint density at radius 3 is 2.59 bits per heavy atom. The number of rotatable bonds is 4. The molecule has 0 aliphatic carbocycles. The van der Waals surface area contributed by atoms with E-state index in [2.05, 4.69) is 4.74 Å². The fraction of sp³-hybridized carbons (Fsp3) is 0.364. The summed E-state index contributed by atoms with van der Waals surface area (Å²) in [5.74, 6) is -1.43. The zero-order valence-electron chi connectivity index (χ0n) is 9.33. The van der Waals surface area contributed by atoms with Gasteiger partial charge < -0.3 is 25.8 Å². The number of aromatic hydroxyl groups is 2. The van der Waals surface area contributed by atoms with E-state index >= 15 is 0 Å². The lowest BCUT2D eigenvalue weighted by Crippen LogP contribution is -2.38. The van der Waals surface area contributed by atoms with Crippen LogP contribution in [0.3, 0.4) is 0 Å². The van der Waals surface area contributed by atoms with E-state index in [0.29, 0.717) is 0 Å². The third-order valence-corrected chi connectivity index (χ3v) is 2.24. The molecule has 0 radical (unpaired) electrons. The second kappa shape index (κ2) is 5.51. The van der Waals surface area contributed by atoms with Crippen molar-refractivity contribution in [2.24, 2.45) is 5.73 Å². The number of phenols is 2.